The van der Waals surface area contributed by atoms with Gasteiger partial charge in [-0.25, -0.2) is 8.42 Å². The van der Waals surface area contributed by atoms with Gasteiger partial charge in [-0.15, -0.1) is 0 Å². The summed E-state index contributed by atoms with van der Waals surface area (Å²) in [6, 6.07) is 0. The molecule has 9 heteroatoms. The van der Waals surface area contributed by atoms with Gasteiger partial charge in [0.25, 0.3) is 5.25 Å². The Balaban J connectivity index is 5.55. The van der Waals surface area contributed by atoms with Gasteiger partial charge in [0.05, 0.1) is 5.25 Å². The summed E-state index contributed by atoms with van der Waals surface area (Å²) in [5, 5.41) is -5.27. The van der Waals surface area contributed by atoms with Gasteiger partial charge < -0.3 is 0 Å². The second-order valence-corrected chi connectivity index (χ2v) is 5.29. The lowest BCUT2D eigenvalue weighted by molar-refractivity contribution is -0.226. The van der Waals surface area contributed by atoms with Crippen LogP contribution in [0, 0.1) is 5.25 Å². The molecule has 0 spiro atoms. The van der Waals surface area contributed by atoms with E-state index in [-0.39, 0.29) is 0 Å². The third-order valence-corrected chi connectivity index (χ3v) is 3.77. The molecule has 0 bridgehead atoms. The van der Waals surface area contributed by atoms with Crippen molar-refractivity contribution in [2.75, 3.05) is 0 Å². The molecule has 0 aromatic carbocycles. The highest BCUT2D eigenvalue weighted by Gasteiger charge is 2.64. The van der Waals surface area contributed by atoms with Crippen molar-refractivity contribution in [3.8, 4) is 0 Å². The van der Waals surface area contributed by atoms with Crippen molar-refractivity contribution in [3.05, 3.63) is 5.25 Å². The maximum Gasteiger partial charge on any atom is 0.414 e. The molecule has 0 aliphatic carbocycles. The van der Waals surface area contributed by atoms with E-state index in [9.17, 15) is 34.8 Å². The van der Waals surface area contributed by atoms with E-state index in [2.05, 4.69) is 0 Å². The number of alkyl halides is 6. The van der Waals surface area contributed by atoms with Crippen LogP contribution in [0.5, 0.6) is 0 Å². The standard InChI is InChI=1S/C6H7F6O2S/c1-3(2)15(13,14)4(5(7,8)9)6(10,11)12/h4H,1-2H3. The molecular weight excluding hydrogens is 250 g/mol. The van der Waals surface area contributed by atoms with E-state index >= 15 is 0 Å². The summed E-state index contributed by atoms with van der Waals surface area (Å²) in [5.41, 5.74) is 0. The lowest BCUT2D eigenvalue weighted by atomic mass is 10.4. The topological polar surface area (TPSA) is 34.1 Å². The molecule has 2 nitrogen and oxygen atoms in total. The largest absolute Gasteiger partial charge is 0.414 e. The van der Waals surface area contributed by atoms with Gasteiger partial charge in [-0.1, -0.05) is 0 Å². The predicted molar refractivity (Wildman–Crippen MR) is 39.4 cm³/mol. The van der Waals surface area contributed by atoms with E-state index in [1.165, 1.54) is 0 Å². The van der Waals surface area contributed by atoms with Crippen LogP contribution in [-0.2, 0) is 9.84 Å². The Morgan fingerprint density at radius 1 is 0.933 bits per heavy atom. The summed E-state index contributed by atoms with van der Waals surface area (Å²) in [6.45, 7) is 1.36. The third-order valence-electron chi connectivity index (χ3n) is 1.47. The van der Waals surface area contributed by atoms with E-state index in [1.54, 1.807) is 0 Å². The monoisotopic (exact) mass is 257 g/mol. The molecule has 0 amide bonds. The van der Waals surface area contributed by atoms with Gasteiger partial charge in [-0.3, -0.25) is 0 Å². The lowest BCUT2D eigenvalue weighted by Crippen LogP contribution is -2.49. The average molecular weight is 257 g/mol. The summed E-state index contributed by atoms with van der Waals surface area (Å²) in [4.78, 5) is 0. The van der Waals surface area contributed by atoms with E-state index in [0.29, 0.717) is 13.8 Å². The molecule has 15 heavy (non-hydrogen) atoms. The van der Waals surface area contributed by atoms with Crippen molar-refractivity contribution in [1.82, 2.24) is 0 Å². The Labute approximate surface area is 82.2 Å². The molecule has 0 saturated carbocycles. The van der Waals surface area contributed by atoms with Gasteiger partial charge in [0.15, 0.2) is 9.84 Å². The molecular formula is C6H7F6O2S. The maximum atomic E-state index is 12.0. The minimum atomic E-state index is -5.87. The number of halogens is 6. The lowest BCUT2D eigenvalue weighted by Gasteiger charge is -2.24. The Bertz CT molecular complexity index is 297. The molecule has 0 rings (SSSR count). The molecule has 0 fully saturated rings. The van der Waals surface area contributed by atoms with Crippen LogP contribution in [0.25, 0.3) is 0 Å². The minimum absolute atomic E-state index is 0.680. The number of hydrogen-bond donors (Lipinski definition) is 0. The van der Waals surface area contributed by atoms with E-state index in [0.717, 1.165) is 0 Å². The average Bonchev–Trinajstić information content (AvgIpc) is 1.76. The van der Waals surface area contributed by atoms with Gasteiger partial charge in [0.2, 0.25) is 0 Å². The van der Waals surface area contributed by atoms with Gasteiger partial charge in [-0.2, -0.15) is 26.3 Å². The van der Waals surface area contributed by atoms with Crippen molar-refractivity contribution in [3.63, 3.8) is 0 Å². The summed E-state index contributed by atoms with van der Waals surface area (Å²) in [5.74, 6) is 0. The van der Waals surface area contributed by atoms with Crippen LogP contribution in [0.3, 0.4) is 0 Å². The van der Waals surface area contributed by atoms with Crippen molar-refractivity contribution >= 4 is 9.84 Å². The van der Waals surface area contributed by atoms with Gasteiger partial charge in [0, 0.05) is 0 Å². The number of hydrogen-bond acceptors (Lipinski definition) is 2. The normalized spacial score (nSPS) is 15.1. The molecule has 0 saturated heterocycles. The molecule has 0 aliphatic heterocycles. The zero-order chi connectivity index (χ0) is 12.7. The van der Waals surface area contributed by atoms with E-state index < -0.39 is 32.7 Å². The number of sulfone groups is 1. The molecule has 0 unspecified atom stereocenters. The first-order valence-corrected chi connectivity index (χ1v) is 5.03. The molecule has 91 valence electrons. The Hall–Kier alpha value is -0.470. The first-order chi connectivity index (χ1) is 6.31. The van der Waals surface area contributed by atoms with Crippen molar-refractivity contribution in [1.29, 1.82) is 0 Å². The highest BCUT2D eigenvalue weighted by atomic mass is 32.2. The van der Waals surface area contributed by atoms with E-state index in [1.807, 2.05) is 0 Å². The second-order valence-electron chi connectivity index (χ2n) is 2.92. The SMILES string of the molecule is C[C](C)S(=O)(=O)C(C(F)(F)F)C(F)(F)F. The number of rotatable bonds is 2. The fraction of sp³-hybridized carbons (Fsp3) is 0.833. The molecule has 1 radical (unpaired) electrons. The zero-order valence-corrected chi connectivity index (χ0v) is 8.39. The Morgan fingerprint density at radius 3 is 1.27 bits per heavy atom. The molecule has 0 N–H and O–H groups in total. The highest BCUT2D eigenvalue weighted by Crippen LogP contribution is 2.40. The van der Waals surface area contributed by atoms with Crippen LogP contribution in [0.4, 0.5) is 26.3 Å². The maximum absolute atomic E-state index is 12.0. The van der Waals surface area contributed by atoms with Crippen molar-refractivity contribution in [2.45, 2.75) is 31.5 Å². The zero-order valence-electron chi connectivity index (χ0n) is 7.57. The fourth-order valence-electron chi connectivity index (χ4n) is 0.773. The summed E-state index contributed by atoms with van der Waals surface area (Å²) < 4.78 is 93.5. The van der Waals surface area contributed by atoms with Crippen molar-refractivity contribution in [2.24, 2.45) is 0 Å². The van der Waals surface area contributed by atoms with Gasteiger partial charge >= 0.3 is 12.4 Å². The van der Waals surface area contributed by atoms with Crippen molar-refractivity contribution < 1.29 is 34.8 Å². The molecule has 0 aliphatic rings. The first kappa shape index (κ1) is 14.5. The Kier molecular flexibility index (Phi) is 3.72. The summed E-state index contributed by atoms with van der Waals surface area (Å²) in [7, 11) is -5.39. The third kappa shape index (κ3) is 3.25. The summed E-state index contributed by atoms with van der Waals surface area (Å²) >= 11 is 0. The molecule has 0 atom stereocenters. The van der Waals surface area contributed by atoms with Gasteiger partial charge in [-0.05, 0) is 13.8 Å². The quantitative estimate of drug-likeness (QED) is 0.712. The smallest absolute Gasteiger partial charge is 0.227 e. The van der Waals surface area contributed by atoms with Crippen LogP contribution in [-0.4, -0.2) is 26.0 Å². The van der Waals surface area contributed by atoms with Crippen LogP contribution >= 0.6 is 0 Å². The Morgan fingerprint density at radius 2 is 1.20 bits per heavy atom. The second kappa shape index (κ2) is 3.84. The van der Waals surface area contributed by atoms with Gasteiger partial charge in [0.1, 0.15) is 0 Å². The summed E-state index contributed by atoms with van der Waals surface area (Å²) in [6.07, 6.45) is -11.7. The molecule has 0 heterocycles. The minimum Gasteiger partial charge on any atom is -0.227 e. The van der Waals surface area contributed by atoms with Crippen LogP contribution in [0.1, 0.15) is 13.8 Å². The van der Waals surface area contributed by atoms with E-state index in [4.69, 9.17) is 0 Å². The molecule has 0 aromatic rings. The highest BCUT2D eigenvalue weighted by molar-refractivity contribution is 7.94. The van der Waals surface area contributed by atoms with Crippen LogP contribution in [0.2, 0.25) is 0 Å². The predicted octanol–water partition coefficient (Wildman–Crippen LogP) is 2.47. The van der Waals surface area contributed by atoms with Crippen LogP contribution < -0.4 is 0 Å². The van der Waals surface area contributed by atoms with Crippen LogP contribution in [0.15, 0.2) is 0 Å². The fourth-order valence-corrected chi connectivity index (χ4v) is 1.95. The first-order valence-electron chi connectivity index (χ1n) is 3.48. The molecule has 0 aromatic heterocycles.